The van der Waals surface area contributed by atoms with Crippen molar-refractivity contribution in [2.24, 2.45) is 0 Å². The molecule has 0 saturated carbocycles. The van der Waals surface area contributed by atoms with E-state index in [9.17, 15) is 22.8 Å². The lowest BCUT2D eigenvalue weighted by Crippen LogP contribution is -2.38. The maximum atomic E-state index is 13.7. The Hall–Kier alpha value is -3.85. The number of carbonyl (C=O) groups excluding carboxylic acids is 2. The fourth-order valence-electron chi connectivity index (χ4n) is 4.01. The van der Waals surface area contributed by atoms with Gasteiger partial charge < -0.3 is 15.4 Å². The maximum Gasteiger partial charge on any atom is 0.417 e. The molecule has 3 aromatic rings. The van der Waals surface area contributed by atoms with Gasteiger partial charge in [-0.05, 0) is 42.3 Å². The maximum absolute atomic E-state index is 13.7. The lowest BCUT2D eigenvalue weighted by molar-refractivity contribution is -0.137. The fourth-order valence-corrected chi connectivity index (χ4v) is 5.14. The molecule has 0 aliphatic carbocycles. The third-order valence-corrected chi connectivity index (χ3v) is 7.55. The van der Waals surface area contributed by atoms with Crippen molar-refractivity contribution in [1.29, 1.82) is 0 Å². The molecule has 2 amide bonds. The minimum atomic E-state index is -4.70. The summed E-state index contributed by atoms with van der Waals surface area (Å²) in [6.07, 6.45) is -1.94. The Labute approximate surface area is 249 Å². The van der Waals surface area contributed by atoms with Crippen LogP contribution in [0.25, 0.3) is 5.70 Å². The van der Waals surface area contributed by atoms with E-state index in [0.717, 1.165) is 22.2 Å². The number of halogens is 4. The molecule has 0 radical (unpaired) electrons. The van der Waals surface area contributed by atoms with Crippen LogP contribution >= 0.6 is 22.9 Å². The predicted octanol–water partition coefficient (Wildman–Crippen LogP) is 6.22. The molecule has 0 unspecified atom stereocenters. The molecule has 4 N–H and O–H groups in total. The number of aryl methyl sites for hydroxylation is 1. The zero-order chi connectivity index (χ0) is 30.8. The quantitative estimate of drug-likeness (QED) is 0.234. The first-order valence-corrected chi connectivity index (χ1v) is 13.8. The lowest BCUT2D eigenvalue weighted by atomic mass is 10.1. The van der Waals surface area contributed by atoms with Crippen LogP contribution in [0.2, 0.25) is 5.02 Å². The molecule has 15 heteroatoms. The smallest absolute Gasteiger partial charge is 0.417 e. The molecular weight excluding hydrogens is 595 g/mol. The molecule has 1 aliphatic rings. The van der Waals surface area contributed by atoms with Crippen LogP contribution in [0.15, 0.2) is 42.7 Å². The number of thiazole rings is 1. The second-order valence-corrected chi connectivity index (χ2v) is 11.1. The molecule has 10 nitrogen and oxygen atoms in total. The average Bonchev–Trinajstić information content (AvgIpc) is 3.54. The molecule has 0 fully saturated rings. The molecule has 4 rings (SSSR count). The molecule has 224 valence electrons. The summed E-state index contributed by atoms with van der Waals surface area (Å²) in [6, 6.07) is 7.24. The molecule has 1 aliphatic heterocycles. The van der Waals surface area contributed by atoms with Crippen molar-refractivity contribution in [2.75, 3.05) is 29.8 Å². The summed E-state index contributed by atoms with van der Waals surface area (Å²) in [5, 5.41) is 11.6. The van der Waals surface area contributed by atoms with Gasteiger partial charge in [0.05, 0.1) is 34.0 Å². The molecule has 0 spiro atoms. The van der Waals surface area contributed by atoms with Crippen molar-refractivity contribution in [2.45, 2.75) is 39.5 Å². The number of rotatable bonds is 8. The van der Waals surface area contributed by atoms with Crippen LogP contribution in [-0.4, -0.2) is 42.2 Å². The van der Waals surface area contributed by atoms with E-state index >= 15 is 0 Å². The number of alkyl halides is 3. The fraction of sp³-hybridized carbons (Fsp3) is 0.296. The van der Waals surface area contributed by atoms with Gasteiger partial charge in [-0.15, -0.1) is 5.53 Å². The third kappa shape index (κ3) is 7.13. The van der Waals surface area contributed by atoms with Crippen LogP contribution in [-0.2, 0) is 17.5 Å². The number of anilines is 3. The second-order valence-electron chi connectivity index (χ2n) is 9.68. The van der Waals surface area contributed by atoms with Gasteiger partial charge >= 0.3 is 12.3 Å². The number of ether oxygens (including phenoxy) is 1. The van der Waals surface area contributed by atoms with Crippen molar-refractivity contribution in [3.05, 3.63) is 74.9 Å². The van der Waals surface area contributed by atoms with E-state index in [1.54, 1.807) is 47.7 Å². The number of carbonyl (C=O) groups is 2. The highest BCUT2D eigenvalue weighted by Crippen LogP contribution is 2.39. The van der Waals surface area contributed by atoms with Gasteiger partial charge in [0, 0.05) is 43.3 Å². The number of amides is 2. The summed E-state index contributed by atoms with van der Waals surface area (Å²) in [6.45, 7) is 5.68. The zero-order valence-electron chi connectivity index (χ0n) is 23.3. The molecular formula is C27H29ClF3N7O3S. The van der Waals surface area contributed by atoms with Crippen LogP contribution in [0.4, 0.5) is 34.5 Å². The Kier molecular flexibility index (Phi) is 9.30. The molecule has 2 heterocycles. The monoisotopic (exact) mass is 623 g/mol. The van der Waals surface area contributed by atoms with E-state index in [1.807, 2.05) is 20.8 Å². The number of hydrogen-bond acceptors (Lipinski definition) is 9. The van der Waals surface area contributed by atoms with Crippen molar-refractivity contribution in [1.82, 2.24) is 20.8 Å². The van der Waals surface area contributed by atoms with Gasteiger partial charge in [-0.2, -0.15) is 13.2 Å². The van der Waals surface area contributed by atoms with Crippen LogP contribution in [0.3, 0.4) is 0 Å². The van der Waals surface area contributed by atoms with E-state index in [1.165, 1.54) is 24.5 Å². The minimum Gasteiger partial charge on any atom is -0.453 e. The van der Waals surface area contributed by atoms with E-state index in [0.29, 0.717) is 10.8 Å². The summed E-state index contributed by atoms with van der Waals surface area (Å²) in [5.41, 5.74) is 4.76. The Balaban J connectivity index is 1.59. The number of nitrogens with one attached hydrogen (secondary N) is 4. The Morgan fingerprint density at radius 2 is 1.93 bits per heavy atom. The first kappa shape index (κ1) is 31.1. The standard InChI is InChI=1S/C27H29ClF3N7O3S/c1-14(2)32-11-17-8-18(10-19(23(17)28)27(29,30)31)34-24(39)16-7-6-15(3)20(9-16)38-13-21(37(4)36-38)22-12-33-25(42-22)35-26(40)41-5/h6-10,12-14,32,36H,11H2,1-5H3,(H,34,39)(H,33,35,40). The number of hydrazine groups is 2. The molecule has 1 aromatic heterocycles. The Morgan fingerprint density at radius 3 is 2.60 bits per heavy atom. The van der Waals surface area contributed by atoms with Crippen molar-refractivity contribution < 1.29 is 27.5 Å². The number of hydrogen-bond donors (Lipinski definition) is 4. The van der Waals surface area contributed by atoms with Crippen molar-refractivity contribution in [3.63, 3.8) is 0 Å². The third-order valence-electron chi connectivity index (χ3n) is 6.17. The molecule has 0 atom stereocenters. The van der Waals surface area contributed by atoms with E-state index in [2.05, 4.69) is 31.2 Å². The first-order chi connectivity index (χ1) is 19.8. The van der Waals surface area contributed by atoms with Crippen LogP contribution < -0.4 is 26.5 Å². The van der Waals surface area contributed by atoms with Crippen molar-refractivity contribution >= 4 is 57.1 Å². The summed E-state index contributed by atoms with van der Waals surface area (Å²) in [5.74, 6) is -0.591. The van der Waals surface area contributed by atoms with Gasteiger partial charge in [-0.3, -0.25) is 20.1 Å². The topological polar surface area (TPSA) is 111 Å². The van der Waals surface area contributed by atoms with Gasteiger partial charge in [0.15, 0.2) is 5.13 Å². The van der Waals surface area contributed by atoms with Gasteiger partial charge in [-0.1, -0.05) is 42.9 Å². The lowest BCUT2D eigenvalue weighted by Gasteiger charge is -2.22. The number of nitrogens with zero attached hydrogens (tertiary/aromatic N) is 3. The zero-order valence-corrected chi connectivity index (χ0v) is 24.9. The van der Waals surface area contributed by atoms with Gasteiger partial charge in [0.25, 0.3) is 5.91 Å². The normalized spacial score (nSPS) is 13.4. The first-order valence-electron chi connectivity index (χ1n) is 12.6. The Morgan fingerprint density at radius 1 is 1.19 bits per heavy atom. The summed E-state index contributed by atoms with van der Waals surface area (Å²) < 4.78 is 45.8. The van der Waals surface area contributed by atoms with E-state index < -0.39 is 28.8 Å². The van der Waals surface area contributed by atoms with Gasteiger partial charge in [0.2, 0.25) is 0 Å². The van der Waals surface area contributed by atoms with Crippen LogP contribution in [0.1, 0.15) is 45.8 Å². The SMILES string of the molecule is COC(=O)Nc1ncc(C2=CN(c3cc(C(=O)Nc4cc(CNC(C)C)c(Cl)c(C(F)(F)F)c4)ccc3C)NN2C)s1. The minimum absolute atomic E-state index is 0.0158. The Bertz CT molecular complexity index is 1530. The second kappa shape index (κ2) is 12.6. The highest BCUT2D eigenvalue weighted by atomic mass is 35.5. The molecule has 42 heavy (non-hydrogen) atoms. The van der Waals surface area contributed by atoms with E-state index in [4.69, 9.17) is 11.6 Å². The predicted molar refractivity (Wildman–Crippen MR) is 157 cm³/mol. The van der Waals surface area contributed by atoms with Crippen molar-refractivity contribution in [3.8, 4) is 0 Å². The van der Waals surface area contributed by atoms with Crippen LogP contribution in [0.5, 0.6) is 0 Å². The number of methoxy groups -OCH3 is 1. The summed E-state index contributed by atoms with van der Waals surface area (Å²) in [7, 11) is 3.04. The summed E-state index contributed by atoms with van der Waals surface area (Å²) in [4.78, 5) is 29.7. The highest BCUT2D eigenvalue weighted by Gasteiger charge is 2.35. The number of benzene rings is 2. The largest absolute Gasteiger partial charge is 0.453 e. The summed E-state index contributed by atoms with van der Waals surface area (Å²) >= 11 is 7.33. The van der Waals surface area contributed by atoms with Gasteiger partial charge in [-0.25, -0.2) is 9.78 Å². The van der Waals surface area contributed by atoms with Gasteiger partial charge in [0.1, 0.15) is 0 Å². The van der Waals surface area contributed by atoms with E-state index in [-0.39, 0.29) is 29.4 Å². The molecule has 0 bridgehead atoms. The average molecular weight is 624 g/mol. The van der Waals surface area contributed by atoms with Crippen LogP contribution in [0, 0.1) is 6.92 Å². The molecule has 0 saturated heterocycles. The highest BCUT2D eigenvalue weighted by molar-refractivity contribution is 7.16. The number of aromatic nitrogens is 1. The molecule has 2 aromatic carbocycles.